The standard InChI is InChI=1S/C15H15BrClNO4S3/c1-3-8-18(10-11-4-7-15(17)23-11)25(21,22)14-9-12(24(2,19)20)5-6-13(14)16/h3-7,9H,1,8,10H2,2H3. The highest BCUT2D eigenvalue weighted by Crippen LogP contribution is 2.30. The lowest BCUT2D eigenvalue weighted by atomic mass is 10.4. The summed E-state index contributed by atoms with van der Waals surface area (Å²) >= 11 is 10.4. The van der Waals surface area contributed by atoms with Crippen LogP contribution in [0.25, 0.3) is 0 Å². The first-order chi connectivity index (χ1) is 11.6. The van der Waals surface area contributed by atoms with E-state index in [4.69, 9.17) is 11.6 Å². The van der Waals surface area contributed by atoms with Crippen LogP contribution in [-0.4, -0.2) is 33.9 Å². The molecule has 0 aliphatic heterocycles. The normalized spacial score (nSPS) is 12.5. The average molecular weight is 485 g/mol. The van der Waals surface area contributed by atoms with Crippen molar-refractivity contribution in [3.05, 3.63) is 56.7 Å². The third-order valence-corrected chi connectivity index (χ3v) is 8.37. The van der Waals surface area contributed by atoms with Crippen LogP contribution >= 0.6 is 38.9 Å². The van der Waals surface area contributed by atoms with Crippen molar-refractivity contribution in [2.45, 2.75) is 16.3 Å². The van der Waals surface area contributed by atoms with E-state index in [0.717, 1.165) is 17.2 Å². The van der Waals surface area contributed by atoms with Gasteiger partial charge in [-0.05, 0) is 46.3 Å². The highest BCUT2D eigenvalue weighted by Gasteiger charge is 2.27. The van der Waals surface area contributed by atoms with Crippen LogP contribution in [0.15, 0.2) is 57.3 Å². The Kier molecular flexibility index (Phi) is 6.50. The van der Waals surface area contributed by atoms with Crippen molar-refractivity contribution in [2.75, 3.05) is 12.8 Å². The molecule has 0 spiro atoms. The fourth-order valence-electron chi connectivity index (χ4n) is 2.05. The molecule has 5 nitrogen and oxygen atoms in total. The quantitative estimate of drug-likeness (QED) is 0.558. The maximum absolute atomic E-state index is 13.1. The predicted molar refractivity (Wildman–Crippen MR) is 104 cm³/mol. The molecule has 1 aromatic carbocycles. The fraction of sp³-hybridized carbons (Fsp3) is 0.200. The van der Waals surface area contributed by atoms with Gasteiger partial charge in [0.1, 0.15) is 0 Å². The summed E-state index contributed by atoms with van der Waals surface area (Å²) in [5.74, 6) is 0. The molecule has 0 N–H and O–H groups in total. The molecule has 2 aromatic rings. The monoisotopic (exact) mass is 483 g/mol. The highest BCUT2D eigenvalue weighted by molar-refractivity contribution is 9.10. The Morgan fingerprint density at radius 1 is 1.24 bits per heavy atom. The van der Waals surface area contributed by atoms with Crippen molar-refractivity contribution in [3.63, 3.8) is 0 Å². The van der Waals surface area contributed by atoms with Crippen LogP contribution in [0.4, 0.5) is 0 Å². The first-order valence-electron chi connectivity index (χ1n) is 6.90. The van der Waals surface area contributed by atoms with E-state index in [1.165, 1.54) is 33.9 Å². The van der Waals surface area contributed by atoms with Crippen LogP contribution in [0, 0.1) is 0 Å². The summed E-state index contributed by atoms with van der Waals surface area (Å²) in [5.41, 5.74) is 0. The molecule has 0 aliphatic carbocycles. The van der Waals surface area contributed by atoms with Gasteiger partial charge in [-0.15, -0.1) is 17.9 Å². The van der Waals surface area contributed by atoms with Gasteiger partial charge in [-0.1, -0.05) is 17.7 Å². The van der Waals surface area contributed by atoms with Crippen molar-refractivity contribution in [2.24, 2.45) is 0 Å². The number of hydrogen-bond acceptors (Lipinski definition) is 5. The van der Waals surface area contributed by atoms with Crippen molar-refractivity contribution < 1.29 is 16.8 Å². The van der Waals surface area contributed by atoms with Crippen LogP contribution in [0.5, 0.6) is 0 Å². The Hall–Kier alpha value is -0.710. The van der Waals surface area contributed by atoms with E-state index >= 15 is 0 Å². The lowest BCUT2D eigenvalue weighted by Gasteiger charge is -2.21. The van der Waals surface area contributed by atoms with Gasteiger partial charge in [0.25, 0.3) is 0 Å². The Balaban J connectivity index is 2.51. The number of halogens is 2. The van der Waals surface area contributed by atoms with Crippen LogP contribution in [0.2, 0.25) is 4.34 Å². The smallest absolute Gasteiger partial charge is 0.224 e. The van der Waals surface area contributed by atoms with E-state index in [1.807, 2.05) is 0 Å². The summed E-state index contributed by atoms with van der Waals surface area (Å²) in [6.07, 6.45) is 2.50. The zero-order valence-electron chi connectivity index (χ0n) is 13.1. The number of rotatable bonds is 7. The zero-order valence-corrected chi connectivity index (χ0v) is 17.9. The molecule has 0 saturated carbocycles. The molecule has 0 saturated heterocycles. The van der Waals surface area contributed by atoms with Crippen molar-refractivity contribution in [1.29, 1.82) is 0 Å². The largest absolute Gasteiger partial charge is 0.244 e. The second kappa shape index (κ2) is 7.89. The molecule has 0 amide bonds. The molecular formula is C15H15BrClNO4S3. The summed E-state index contributed by atoms with van der Waals surface area (Å²) in [6, 6.07) is 7.37. The molecule has 0 radical (unpaired) electrons. The van der Waals surface area contributed by atoms with Crippen molar-refractivity contribution >= 4 is 58.7 Å². The Morgan fingerprint density at radius 2 is 1.92 bits per heavy atom. The van der Waals surface area contributed by atoms with Gasteiger partial charge >= 0.3 is 0 Å². The molecular weight excluding hydrogens is 470 g/mol. The Morgan fingerprint density at radius 3 is 2.44 bits per heavy atom. The number of hydrogen-bond donors (Lipinski definition) is 0. The minimum absolute atomic E-state index is 0.0630. The summed E-state index contributed by atoms with van der Waals surface area (Å²) < 4.78 is 51.7. The Bertz CT molecular complexity index is 1000. The molecule has 2 rings (SSSR count). The van der Waals surface area contributed by atoms with Gasteiger partial charge in [-0.2, -0.15) is 4.31 Å². The van der Waals surface area contributed by atoms with Crippen LogP contribution < -0.4 is 0 Å². The molecule has 0 fully saturated rings. The molecule has 0 unspecified atom stereocenters. The van der Waals surface area contributed by atoms with Gasteiger partial charge < -0.3 is 0 Å². The minimum Gasteiger partial charge on any atom is -0.224 e. The molecule has 136 valence electrons. The van der Waals surface area contributed by atoms with Gasteiger partial charge in [0, 0.05) is 28.7 Å². The fourth-order valence-corrected chi connectivity index (χ4v) is 6.30. The topological polar surface area (TPSA) is 71.5 Å². The minimum atomic E-state index is -3.95. The SMILES string of the molecule is C=CCN(Cc1ccc(Cl)s1)S(=O)(=O)c1cc(S(C)(=O)=O)ccc1Br. The van der Waals surface area contributed by atoms with Gasteiger partial charge in [-0.25, -0.2) is 16.8 Å². The van der Waals surface area contributed by atoms with E-state index < -0.39 is 19.9 Å². The lowest BCUT2D eigenvalue weighted by molar-refractivity contribution is 0.441. The van der Waals surface area contributed by atoms with E-state index in [-0.39, 0.29) is 27.4 Å². The first-order valence-corrected chi connectivity index (χ1v) is 12.2. The van der Waals surface area contributed by atoms with Gasteiger partial charge in [0.15, 0.2) is 9.84 Å². The third-order valence-electron chi connectivity index (χ3n) is 3.24. The molecule has 0 bridgehead atoms. The van der Waals surface area contributed by atoms with E-state index in [9.17, 15) is 16.8 Å². The lowest BCUT2D eigenvalue weighted by Crippen LogP contribution is -2.31. The van der Waals surface area contributed by atoms with Crippen LogP contribution in [-0.2, 0) is 26.4 Å². The summed E-state index contributed by atoms with van der Waals surface area (Å²) in [7, 11) is -7.49. The molecule has 10 heteroatoms. The maximum atomic E-state index is 13.1. The summed E-state index contributed by atoms with van der Waals surface area (Å²) in [5, 5.41) is 0. The molecule has 0 aliphatic rings. The molecule has 25 heavy (non-hydrogen) atoms. The highest BCUT2D eigenvalue weighted by atomic mass is 79.9. The number of benzene rings is 1. The second-order valence-electron chi connectivity index (χ2n) is 5.16. The summed E-state index contributed by atoms with van der Waals surface area (Å²) in [4.78, 5) is 0.595. The first kappa shape index (κ1) is 20.6. The third kappa shape index (κ3) is 4.93. The second-order valence-corrected chi connectivity index (χ2v) is 11.7. The van der Waals surface area contributed by atoms with Gasteiger partial charge in [0.2, 0.25) is 10.0 Å². The van der Waals surface area contributed by atoms with Crippen LogP contribution in [0.1, 0.15) is 4.88 Å². The number of nitrogens with zero attached hydrogens (tertiary/aromatic N) is 1. The number of sulfonamides is 1. The Labute approximate surface area is 165 Å². The molecule has 1 heterocycles. The number of sulfone groups is 1. The van der Waals surface area contributed by atoms with E-state index in [1.54, 1.807) is 12.1 Å². The maximum Gasteiger partial charge on any atom is 0.244 e. The summed E-state index contributed by atoms with van der Waals surface area (Å²) in [6.45, 7) is 3.79. The van der Waals surface area contributed by atoms with Gasteiger partial charge in [0.05, 0.1) is 14.1 Å². The van der Waals surface area contributed by atoms with E-state index in [0.29, 0.717) is 4.34 Å². The van der Waals surface area contributed by atoms with Crippen molar-refractivity contribution in [3.8, 4) is 0 Å². The zero-order chi connectivity index (χ0) is 18.8. The van der Waals surface area contributed by atoms with Gasteiger partial charge in [-0.3, -0.25) is 0 Å². The average Bonchev–Trinajstić information content (AvgIpc) is 2.91. The van der Waals surface area contributed by atoms with E-state index in [2.05, 4.69) is 22.5 Å². The number of thiophene rings is 1. The van der Waals surface area contributed by atoms with Crippen LogP contribution in [0.3, 0.4) is 0 Å². The molecule has 1 aromatic heterocycles. The van der Waals surface area contributed by atoms with Crippen molar-refractivity contribution in [1.82, 2.24) is 4.31 Å². The molecule has 0 atom stereocenters. The predicted octanol–water partition coefficient (Wildman–Crippen LogP) is 3.94.